The predicted molar refractivity (Wildman–Crippen MR) is 102 cm³/mol. The van der Waals surface area contributed by atoms with Crippen LogP contribution in [0.4, 0.5) is 33.5 Å². The molecule has 9 heteroatoms. The van der Waals surface area contributed by atoms with Crippen molar-refractivity contribution in [3.63, 3.8) is 0 Å². The monoisotopic (exact) mass is 356 g/mol. The Balaban J connectivity index is 1.77. The fraction of sp³-hybridized carbons (Fsp3) is 0.235. The number of amides is 1. The molecular weight excluding hydrogens is 336 g/mol. The van der Waals surface area contributed by atoms with Gasteiger partial charge in [0.1, 0.15) is 17.3 Å². The number of pyridine rings is 1. The van der Waals surface area contributed by atoms with Crippen LogP contribution >= 0.6 is 0 Å². The summed E-state index contributed by atoms with van der Waals surface area (Å²) in [4.78, 5) is 21.4. The second-order valence-corrected chi connectivity index (χ2v) is 5.80. The zero-order valence-electron chi connectivity index (χ0n) is 14.5. The molecule has 26 heavy (non-hydrogen) atoms. The number of anilines is 4. The lowest BCUT2D eigenvalue weighted by Gasteiger charge is -2.24. The summed E-state index contributed by atoms with van der Waals surface area (Å²) in [5.74, 6) is 1.13. The van der Waals surface area contributed by atoms with E-state index in [1.807, 2.05) is 31.3 Å². The number of hydrogen-bond donors (Lipinski definition) is 4. The van der Waals surface area contributed by atoms with Crippen LogP contribution in [0.5, 0.6) is 5.75 Å². The molecule has 1 aliphatic rings. The number of aromatic nitrogens is 1. The van der Waals surface area contributed by atoms with Crippen molar-refractivity contribution in [1.29, 1.82) is 0 Å². The second-order valence-electron chi connectivity index (χ2n) is 5.80. The number of aliphatic imine (C=N–C) groups is 1. The first-order valence-corrected chi connectivity index (χ1v) is 7.92. The summed E-state index contributed by atoms with van der Waals surface area (Å²) in [5, 5.41) is 14.2. The van der Waals surface area contributed by atoms with E-state index in [1.165, 1.54) is 0 Å². The number of methoxy groups -OCH3 is 1. The molecule has 0 atom stereocenters. The maximum Gasteiger partial charge on any atom is 0.410 e. The van der Waals surface area contributed by atoms with E-state index >= 15 is 0 Å². The second kappa shape index (κ2) is 7.18. The van der Waals surface area contributed by atoms with Crippen LogP contribution in [0.2, 0.25) is 0 Å². The van der Waals surface area contributed by atoms with E-state index in [1.54, 1.807) is 13.2 Å². The molecule has 2 heterocycles. The van der Waals surface area contributed by atoms with Crippen molar-refractivity contribution in [3.05, 3.63) is 30.3 Å². The number of nitrogens with two attached hydrogens (primary N) is 1. The molecule has 2 aromatic rings. The van der Waals surface area contributed by atoms with Crippen LogP contribution in [-0.2, 0) is 0 Å². The van der Waals surface area contributed by atoms with Crippen LogP contribution in [0.15, 0.2) is 35.3 Å². The molecule has 0 radical (unpaired) electrons. The summed E-state index contributed by atoms with van der Waals surface area (Å²) >= 11 is 0. The number of rotatable bonds is 5. The molecule has 0 unspecified atom stereocenters. The third kappa shape index (κ3) is 3.77. The number of fused-ring (bicyclic) bond motifs is 1. The molecular formula is C17H20N6O3. The minimum atomic E-state index is -1.20. The van der Waals surface area contributed by atoms with Crippen LogP contribution in [0.1, 0.15) is 0 Å². The van der Waals surface area contributed by atoms with E-state index < -0.39 is 6.09 Å². The van der Waals surface area contributed by atoms with E-state index in [0.29, 0.717) is 24.5 Å². The van der Waals surface area contributed by atoms with Gasteiger partial charge in [0.2, 0.25) is 0 Å². The Hall–Kier alpha value is -3.49. The highest BCUT2D eigenvalue weighted by atomic mass is 16.5. The van der Waals surface area contributed by atoms with Gasteiger partial charge in [-0.25, -0.2) is 14.8 Å². The van der Waals surface area contributed by atoms with Gasteiger partial charge in [-0.05, 0) is 24.3 Å². The summed E-state index contributed by atoms with van der Waals surface area (Å²) in [6, 6.07) is 9.34. The molecule has 1 aromatic carbocycles. The van der Waals surface area contributed by atoms with E-state index in [9.17, 15) is 4.79 Å². The molecule has 1 aliphatic heterocycles. The predicted octanol–water partition coefficient (Wildman–Crippen LogP) is 2.40. The topological polar surface area (TPSA) is 125 Å². The Morgan fingerprint density at radius 2 is 2.15 bits per heavy atom. The van der Waals surface area contributed by atoms with Crippen LogP contribution < -0.4 is 26.0 Å². The summed E-state index contributed by atoms with van der Waals surface area (Å²) in [7, 11) is 3.61. The number of carbonyl (C=O) groups is 1. The quantitative estimate of drug-likeness (QED) is 0.648. The van der Waals surface area contributed by atoms with E-state index in [4.69, 9.17) is 15.6 Å². The molecule has 0 bridgehead atoms. The summed E-state index contributed by atoms with van der Waals surface area (Å²) in [5.41, 5.74) is 9.03. The van der Waals surface area contributed by atoms with Crippen molar-refractivity contribution in [2.75, 3.05) is 48.5 Å². The largest absolute Gasteiger partial charge is 0.497 e. The Bertz CT molecular complexity index is 850. The molecule has 5 N–H and O–H groups in total. The molecule has 0 saturated heterocycles. The SMILES string of the molecule is COc1ccc(N(C)CC2=Nc3c(cc(NC(=O)O)nc3N)NC2)cc1. The number of nitrogens with zero attached hydrogens (tertiary/aromatic N) is 3. The lowest BCUT2D eigenvalue weighted by atomic mass is 10.2. The van der Waals surface area contributed by atoms with Crippen molar-refractivity contribution in [2.24, 2.45) is 4.99 Å². The normalized spacial score (nSPS) is 12.5. The number of benzene rings is 1. The van der Waals surface area contributed by atoms with Gasteiger partial charge in [-0.1, -0.05) is 0 Å². The van der Waals surface area contributed by atoms with Gasteiger partial charge in [-0.15, -0.1) is 0 Å². The highest BCUT2D eigenvalue weighted by Gasteiger charge is 2.18. The van der Waals surface area contributed by atoms with Gasteiger partial charge >= 0.3 is 6.09 Å². The maximum atomic E-state index is 10.7. The van der Waals surface area contributed by atoms with Gasteiger partial charge in [-0.3, -0.25) is 5.32 Å². The van der Waals surface area contributed by atoms with Gasteiger partial charge in [0.15, 0.2) is 5.82 Å². The minimum absolute atomic E-state index is 0.162. The zero-order valence-corrected chi connectivity index (χ0v) is 14.5. The first-order valence-electron chi connectivity index (χ1n) is 7.92. The van der Waals surface area contributed by atoms with E-state index in [-0.39, 0.29) is 11.6 Å². The molecule has 0 aliphatic carbocycles. The summed E-state index contributed by atoms with van der Waals surface area (Å²) < 4.78 is 5.17. The molecule has 0 saturated carbocycles. The number of nitrogens with one attached hydrogen (secondary N) is 2. The molecule has 136 valence electrons. The first-order chi connectivity index (χ1) is 12.5. The van der Waals surface area contributed by atoms with E-state index in [0.717, 1.165) is 17.1 Å². The van der Waals surface area contributed by atoms with E-state index in [2.05, 4.69) is 25.5 Å². The Morgan fingerprint density at radius 1 is 1.42 bits per heavy atom. The number of hydrogen-bond acceptors (Lipinski definition) is 7. The number of carboxylic acid groups (broad SMARTS) is 1. The van der Waals surface area contributed by atoms with Crippen LogP contribution in [-0.4, -0.2) is 49.1 Å². The Kier molecular flexibility index (Phi) is 4.78. The van der Waals surface area contributed by atoms with Crippen LogP contribution in [0, 0.1) is 0 Å². The number of ether oxygens (including phenoxy) is 1. The Labute approximate surface area is 150 Å². The number of nitrogen functional groups attached to an aromatic ring is 1. The lowest BCUT2D eigenvalue weighted by Crippen LogP contribution is -2.31. The Morgan fingerprint density at radius 3 is 2.81 bits per heavy atom. The van der Waals surface area contributed by atoms with Crippen molar-refractivity contribution >= 4 is 40.5 Å². The van der Waals surface area contributed by atoms with Gasteiger partial charge in [-0.2, -0.15) is 0 Å². The first kappa shape index (κ1) is 17.3. The minimum Gasteiger partial charge on any atom is -0.497 e. The highest BCUT2D eigenvalue weighted by Crippen LogP contribution is 2.35. The fourth-order valence-corrected chi connectivity index (χ4v) is 2.67. The standard InChI is InChI=1S/C17H20N6O3/c1-23(11-3-5-12(26-2)6-4-11)9-10-8-19-13-7-14(22-17(24)25)21-16(18)15(13)20-10/h3-7,19H,8-9H2,1-2H3,(H,24,25)(H3,18,21,22). The average molecular weight is 356 g/mol. The molecule has 1 aromatic heterocycles. The molecule has 9 nitrogen and oxygen atoms in total. The molecule has 0 fully saturated rings. The summed E-state index contributed by atoms with van der Waals surface area (Å²) in [6.07, 6.45) is -1.20. The summed E-state index contributed by atoms with van der Waals surface area (Å²) in [6.45, 7) is 1.14. The fourth-order valence-electron chi connectivity index (χ4n) is 2.67. The van der Waals surface area contributed by atoms with Gasteiger partial charge < -0.3 is 25.8 Å². The third-order valence-electron chi connectivity index (χ3n) is 3.94. The molecule has 3 rings (SSSR count). The molecule has 1 amide bonds. The zero-order chi connectivity index (χ0) is 18.7. The third-order valence-corrected chi connectivity index (χ3v) is 3.94. The van der Waals surface area contributed by atoms with Gasteiger partial charge in [0, 0.05) is 18.8 Å². The van der Waals surface area contributed by atoms with Crippen molar-refractivity contribution in [2.45, 2.75) is 0 Å². The van der Waals surface area contributed by atoms with Crippen molar-refractivity contribution in [3.8, 4) is 5.75 Å². The average Bonchev–Trinajstić information content (AvgIpc) is 2.62. The highest BCUT2D eigenvalue weighted by molar-refractivity contribution is 6.00. The maximum absolute atomic E-state index is 10.7. The smallest absolute Gasteiger partial charge is 0.410 e. The molecule has 0 spiro atoms. The van der Waals surface area contributed by atoms with Crippen LogP contribution in [0.25, 0.3) is 0 Å². The van der Waals surface area contributed by atoms with Gasteiger partial charge in [0.05, 0.1) is 31.6 Å². The van der Waals surface area contributed by atoms with Gasteiger partial charge in [0.25, 0.3) is 0 Å². The lowest BCUT2D eigenvalue weighted by molar-refractivity contribution is 0.209. The van der Waals surface area contributed by atoms with Crippen LogP contribution in [0.3, 0.4) is 0 Å². The van der Waals surface area contributed by atoms with Crippen molar-refractivity contribution < 1.29 is 14.6 Å². The van der Waals surface area contributed by atoms with Crippen molar-refractivity contribution in [1.82, 2.24) is 4.98 Å².